The number of ether oxygens (including phenoxy) is 1. The Morgan fingerprint density at radius 1 is 1.21 bits per heavy atom. The Balaban J connectivity index is 2.33. The van der Waals surface area contributed by atoms with Crippen LogP contribution in [0.4, 0.5) is 0 Å². The van der Waals surface area contributed by atoms with Crippen LogP contribution in [-0.2, 0) is 20.7 Å². The van der Waals surface area contributed by atoms with Gasteiger partial charge >= 0.3 is 11.9 Å². The molecule has 19 heavy (non-hydrogen) atoms. The summed E-state index contributed by atoms with van der Waals surface area (Å²) in [6, 6.07) is 8.87. The maximum Gasteiger partial charge on any atom is 0.330 e. The second-order valence-corrected chi connectivity index (χ2v) is 5.01. The van der Waals surface area contributed by atoms with Gasteiger partial charge in [0.1, 0.15) is 6.04 Å². The van der Waals surface area contributed by atoms with Crippen LogP contribution in [0.5, 0.6) is 0 Å². The lowest BCUT2D eigenvalue weighted by atomic mass is 10.1. The minimum Gasteiger partial charge on any atom is -0.392 e. The summed E-state index contributed by atoms with van der Waals surface area (Å²) in [6.07, 6.45) is 1.27. The van der Waals surface area contributed by atoms with Crippen LogP contribution in [0.15, 0.2) is 30.3 Å². The van der Waals surface area contributed by atoms with Gasteiger partial charge in [0.25, 0.3) is 0 Å². The molecular formula is C15H21NO3. The van der Waals surface area contributed by atoms with E-state index in [1.807, 2.05) is 44.2 Å². The van der Waals surface area contributed by atoms with Gasteiger partial charge in [0.05, 0.1) is 6.42 Å². The first-order chi connectivity index (χ1) is 8.99. The van der Waals surface area contributed by atoms with Crippen molar-refractivity contribution >= 4 is 11.9 Å². The Morgan fingerprint density at radius 3 is 2.42 bits per heavy atom. The topological polar surface area (TPSA) is 69.4 Å². The molecule has 0 unspecified atom stereocenters. The highest BCUT2D eigenvalue weighted by molar-refractivity contribution is 5.88. The lowest BCUT2D eigenvalue weighted by Gasteiger charge is -2.12. The molecule has 0 aliphatic carbocycles. The number of nitrogens with two attached hydrogens (primary N) is 1. The highest BCUT2D eigenvalue weighted by Crippen LogP contribution is 2.06. The molecule has 1 atom stereocenters. The molecule has 0 radical (unpaired) electrons. The zero-order chi connectivity index (χ0) is 14.3. The van der Waals surface area contributed by atoms with Crippen LogP contribution in [0.2, 0.25) is 0 Å². The molecule has 0 aromatic heterocycles. The molecule has 1 aromatic carbocycles. The number of hydrogen-bond donors (Lipinski definition) is 1. The van der Waals surface area contributed by atoms with Gasteiger partial charge in [-0.2, -0.15) is 0 Å². The predicted octanol–water partition coefficient (Wildman–Crippen LogP) is 2.06. The molecule has 0 spiro atoms. The molecule has 1 aromatic rings. The minimum absolute atomic E-state index is 0.185. The van der Waals surface area contributed by atoms with Crippen molar-refractivity contribution in [1.29, 1.82) is 0 Å². The van der Waals surface area contributed by atoms with Crippen molar-refractivity contribution < 1.29 is 14.3 Å². The number of hydrogen-bond acceptors (Lipinski definition) is 4. The van der Waals surface area contributed by atoms with Gasteiger partial charge in [0.15, 0.2) is 0 Å². The molecule has 0 fully saturated rings. The van der Waals surface area contributed by atoms with E-state index in [-0.39, 0.29) is 6.42 Å². The third kappa shape index (κ3) is 6.15. The first kappa shape index (κ1) is 15.4. The lowest BCUT2D eigenvalue weighted by Crippen LogP contribution is -2.35. The van der Waals surface area contributed by atoms with E-state index in [2.05, 4.69) is 0 Å². The molecule has 0 bridgehead atoms. The molecular weight excluding hydrogens is 242 g/mol. The standard InChI is InChI=1S/C15H21NO3/c1-11(2)10-13(16)15(18)19-14(17)9-8-12-6-4-3-5-7-12/h3-7,11,13H,8-10,16H2,1-2H3/t13-/m0/s1. The van der Waals surface area contributed by atoms with E-state index in [4.69, 9.17) is 10.5 Å². The molecule has 0 saturated carbocycles. The maximum absolute atomic E-state index is 11.5. The van der Waals surface area contributed by atoms with Crippen LogP contribution in [0.1, 0.15) is 32.3 Å². The first-order valence-corrected chi connectivity index (χ1v) is 6.53. The second kappa shape index (κ2) is 7.69. The summed E-state index contributed by atoms with van der Waals surface area (Å²) >= 11 is 0. The molecule has 0 saturated heterocycles. The molecule has 4 nitrogen and oxygen atoms in total. The number of esters is 2. The first-order valence-electron chi connectivity index (χ1n) is 6.53. The monoisotopic (exact) mass is 263 g/mol. The fourth-order valence-corrected chi connectivity index (χ4v) is 1.73. The smallest absolute Gasteiger partial charge is 0.330 e. The molecule has 0 heterocycles. The Bertz CT molecular complexity index is 415. The van der Waals surface area contributed by atoms with Gasteiger partial charge in [0, 0.05) is 0 Å². The molecule has 0 aliphatic rings. The molecule has 0 aliphatic heterocycles. The summed E-state index contributed by atoms with van der Waals surface area (Å²) in [7, 11) is 0. The average Bonchev–Trinajstić information content (AvgIpc) is 2.36. The number of carbonyl (C=O) groups excluding carboxylic acids is 2. The van der Waals surface area contributed by atoms with Crippen LogP contribution in [-0.4, -0.2) is 18.0 Å². The fraction of sp³-hybridized carbons (Fsp3) is 0.467. The van der Waals surface area contributed by atoms with Gasteiger partial charge < -0.3 is 10.5 Å². The van der Waals surface area contributed by atoms with E-state index in [0.717, 1.165) is 5.56 Å². The lowest BCUT2D eigenvalue weighted by molar-refractivity contribution is -0.160. The summed E-state index contributed by atoms with van der Waals surface area (Å²) in [5.41, 5.74) is 6.69. The Hall–Kier alpha value is -1.68. The van der Waals surface area contributed by atoms with Gasteiger partial charge in [-0.3, -0.25) is 4.79 Å². The second-order valence-electron chi connectivity index (χ2n) is 5.01. The third-order valence-electron chi connectivity index (χ3n) is 2.70. The van der Waals surface area contributed by atoms with Gasteiger partial charge in [-0.25, -0.2) is 4.79 Å². The van der Waals surface area contributed by atoms with Crippen molar-refractivity contribution in [2.24, 2.45) is 11.7 Å². The quantitative estimate of drug-likeness (QED) is 0.630. The van der Waals surface area contributed by atoms with Gasteiger partial charge in [-0.1, -0.05) is 44.2 Å². The van der Waals surface area contributed by atoms with E-state index < -0.39 is 18.0 Å². The van der Waals surface area contributed by atoms with Gasteiger partial charge in [0.2, 0.25) is 0 Å². The van der Waals surface area contributed by atoms with Gasteiger partial charge in [-0.15, -0.1) is 0 Å². The zero-order valence-electron chi connectivity index (χ0n) is 11.5. The van der Waals surface area contributed by atoms with Gasteiger partial charge in [-0.05, 0) is 24.3 Å². The summed E-state index contributed by atoms with van der Waals surface area (Å²) in [6.45, 7) is 3.93. The normalized spacial score (nSPS) is 12.2. The number of aryl methyl sites for hydroxylation is 1. The van der Waals surface area contributed by atoms with E-state index in [0.29, 0.717) is 18.8 Å². The van der Waals surface area contributed by atoms with Crippen LogP contribution in [0, 0.1) is 5.92 Å². The van der Waals surface area contributed by atoms with E-state index in [1.165, 1.54) is 0 Å². The van der Waals surface area contributed by atoms with Crippen molar-refractivity contribution in [1.82, 2.24) is 0 Å². The van der Waals surface area contributed by atoms with Crippen molar-refractivity contribution in [2.75, 3.05) is 0 Å². The number of rotatable bonds is 6. The molecule has 1 rings (SSSR count). The Labute approximate surface area is 113 Å². The van der Waals surface area contributed by atoms with E-state index in [1.54, 1.807) is 0 Å². The summed E-state index contributed by atoms with van der Waals surface area (Å²) < 4.78 is 4.73. The van der Waals surface area contributed by atoms with Crippen LogP contribution in [0.25, 0.3) is 0 Å². The zero-order valence-corrected chi connectivity index (χ0v) is 11.5. The largest absolute Gasteiger partial charge is 0.392 e. The number of carbonyl (C=O) groups is 2. The predicted molar refractivity (Wildman–Crippen MR) is 73.3 cm³/mol. The summed E-state index contributed by atoms with van der Waals surface area (Å²) in [4.78, 5) is 23.1. The average molecular weight is 263 g/mol. The fourth-order valence-electron chi connectivity index (χ4n) is 1.73. The number of benzene rings is 1. The van der Waals surface area contributed by atoms with Crippen LogP contribution >= 0.6 is 0 Å². The van der Waals surface area contributed by atoms with Crippen molar-refractivity contribution in [3.63, 3.8) is 0 Å². The molecule has 0 amide bonds. The summed E-state index contributed by atoms with van der Waals surface area (Å²) in [5.74, 6) is -0.859. The highest BCUT2D eigenvalue weighted by Gasteiger charge is 2.19. The van der Waals surface area contributed by atoms with Crippen LogP contribution in [0.3, 0.4) is 0 Å². The minimum atomic E-state index is -0.722. The van der Waals surface area contributed by atoms with E-state index in [9.17, 15) is 9.59 Å². The van der Waals surface area contributed by atoms with Crippen molar-refractivity contribution in [3.8, 4) is 0 Å². The SMILES string of the molecule is CC(C)C[C@H](N)C(=O)OC(=O)CCc1ccccc1. The van der Waals surface area contributed by atoms with Crippen molar-refractivity contribution in [3.05, 3.63) is 35.9 Å². The highest BCUT2D eigenvalue weighted by atomic mass is 16.6. The van der Waals surface area contributed by atoms with Crippen LogP contribution < -0.4 is 5.73 Å². The van der Waals surface area contributed by atoms with Crippen molar-refractivity contribution in [2.45, 2.75) is 39.2 Å². The van der Waals surface area contributed by atoms with E-state index >= 15 is 0 Å². The Morgan fingerprint density at radius 2 is 1.84 bits per heavy atom. The maximum atomic E-state index is 11.5. The molecule has 4 heteroatoms. The molecule has 104 valence electrons. The third-order valence-corrected chi connectivity index (χ3v) is 2.70. The Kier molecular flexibility index (Phi) is 6.22. The molecule has 2 N–H and O–H groups in total. The summed E-state index contributed by atoms with van der Waals surface area (Å²) in [5, 5.41) is 0.